The summed E-state index contributed by atoms with van der Waals surface area (Å²) >= 11 is 7.12. The summed E-state index contributed by atoms with van der Waals surface area (Å²) in [5.74, 6) is -0.850. The van der Waals surface area contributed by atoms with Crippen molar-refractivity contribution in [2.24, 2.45) is 0 Å². The maximum absolute atomic E-state index is 13.1. The van der Waals surface area contributed by atoms with Gasteiger partial charge in [0, 0.05) is 31.1 Å². The van der Waals surface area contributed by atoms with Crippen LogP contribution in [0.4, 0.5) is 9.39 Å². The number of halogens is 1. The Morgan fingerprint density at radius 3 is 2.44 bits per heavy atom. The predicted molar refractivity (Wildman–Crippen MR) is 125 cm³/mol. The number of anilines is 1. The molecule has 0 atom stereocenters. The van der Waals surface area contributed by atoms with Crippen molar-refractivity contribution in [3.05, 3.63) is 46.1 Å². The first-order valence-electron chi connectivity index (χ1n) is 10.4. The maximum Gasteiger partial charge on any atom is 0.341 e. The Hall–Kier alpha value is -2.08. The number of methoxy groups -OCH3 is 1. The largest absolute Gasteiger partial charge is 0.465 e. The van der Waals surface area contributed by atoms with Crippen LogP contribution in [-0.2, 0) is 27.6 Å². The van der Waals surface area contributed by atoms with E-state index in [0.29, 0.717) is 28.8 Å². The fourth-order valence-electron chi connectivity index (χ4n) is 4.04. The van der Waals surface area contributed by atoms with Crippen molar-refractivity contribution in [1.82, 2.24) is 9.21 Å². The zero-order valence-corrected chi connectivity index (χ0v) is 20.0. The van der Waals surface area contributed by atoms with Gasteiger partial charge in [-0.1, -0.05) is 0 Å². The molecule has 172 valence electrons. The lowest BCUT2D eigenvalue weighted by Crippen LogP contribution is -2.51. The zero-order valence-electron chi connectivity index (χ0n) is 17.6. The van der Waals surface area contributed by atoms with E-state index in [1.165, 1.54) is 39.8 Å². The van der Waals surface area contributed by atoms with Crippen molar-refractivity contribution in [3.63, 3.8) is 0 Å². The molecule has 0 amide bonds. The van der Waals surface area contributed by atoms with Gasteiger partial charge in [-0.25, -0.2) is 17.6 Å². The Morgan fingerprint density at radius 1 is 1.12 bits per heavy atom. The molecule has 1 aromatic heterocycles. The topological polar surface area (TPSA) is 79.0 Å². The third-order valence-electron chi connectivity index (χ3n) is 5.76. The van der Waals surface area contributed by atoms with Crippen LogP contribution in [0.25, 0.3) is 0 Å². The second-order valence-electron chi connectivity index (χ2n) is 7.68. The van der Waals surface area contributed by atoms with E-state index in [0.717, 1.165) is 43.4 Å². The Bertz CT molecular complexity index is 1120. The number of sulfonamides is 1. The zero-order chi connectivity index (χ0) is 22.9. The van der Waals surface area contributed by atoms with E-state index in [-0.39, 0.29) is 24.0 Å². The van der Waals surface area contributed by atoms with Crippen LogP contribution in [-0.4, -0.2) is 62.0 Å². The monoisotopic (exact) mass is 497 g/mol. The summed E-state index contributed by atoms with van der Waals surface area (Å²) < 4.78 is 45.2. The van der Waals surface area contributed by atoms with Crippen LogP contribution in [0, 0.1) is 5.82 Å². The molecule has 1 aromatic carbocycles. The number of hydrogen-bond acceptors (Lipinski definition) is 6. The fourth-order valence-corrected chi connectivity index (χ4v) is 7.08. The molecule has 0 saturated carbocycles. The van der Waals surface area contributed by atoms with E-state index in [1.807, 2.05) is 4.90 Å². The van der Waals surface area contributed by atoms with Gasteiger partial charge in [0.1, 0.15) is 10.8 Å². The molecule has 2 heterocycles. The second-order valence-corrected chi connectivity index (χ2v) is 11.1. The average molecular weight is 498 g/mol. The molecule has 0 unspecified atom stereocenters. The third-order valence-corrected chi connectivity index (χ3v) is 9.24. The minimum absolute atomic E-state index is 0.0694. The summed E-state index contributed by atoms with van der Waals surface area (Å²) in [5.41, 5.74) is 1.61. The Balaban J connectivity index is 1.44. The fraction of sp³-hybridized carbons (Fsp3) is 0.429. The number of ether oxygens (including phenoxy) is 1. The lowest BCUT2D eigenvalue weighted by molar-refractivity contribution is 0.0601. The number of carbonyl (C=O) groups is 1. The Labute approximate surface area is 196 Å². The van der Waals surface area contributed by atoms with E-state index >= 15 is 0 Å². The van der Waals surface area contributed by atoms with Gasteiger partial charge in [-0.3, -0.25) is 0 Å². The summed E-state index contributed by atoms with van der Waals surface area (Å²) in [6.07, 6.45) is 3.94. The lowest BCUT2D eigenvalue weighted by Gasteiger charge is -2.35. The molecule has 11 heteroatoms. The average Bonchev–Trinajstić information content (AvgIpc) is 3.16. The van der Waals surface area contributed by atoms with Gasteiger partial charge in [-0.2, -0.15) is 4.31 Å². The quantitative estimate of drug-likeness (QED) is 0.513. The molecular weight excluding hydrogens is 473 g/mol. The summed E-state index contributed by atoms with van der Waals surface area (Å²) in [6, 6.07) is 4.83. The number of nitrogens with zero attached hydrogens (tertiary/aromatic N) is 2. The van der Waals surface area contributed by atoms with E-state index in [2.05, 4.69) is 5.32 Å². The van der Waals surface area contributed by atoms with Crippen molar-refractivity contribution in [2.45, 2.75) is 30.6 Å². The second kappa shape index (κ2) is 9.42. The predicted octanol–water partition coefficient (Wildman–Crippen LogP) is 3.26. The molecule has 0 radical (unpaired) electrons. The highest BCUT2D eigenvalue weighted by atomic mass is 32.2. The van der Waals surface area contributed by atoms with Crippen molar-refractivity contribution in [1.29, 1.82) is 0 Å². The molecule has 1 N–H and O–H groups in total. The molecule has 1 fully saturated rings. The van der Waals surface area contributed by atoms with Gasteiger partial charge < -0.3 is 15.0 Å². The van der Waals surface area contributed by atoms with E-state index in [1.54, 1.807) is 0 Å². The summed E-state index contributed by atoms with van der Waals surface area (Å²) in [4.78, 5) is 15.6. The molecule has 0 bridgehead atoms. The first kappa shape index (κ1) is 23.1. The van der Waals surface area contributed by atoms with Crippen molar-refractivity contribution < 1.29 is 22.3 Å². The molecule has 2 aromatic rings. The molecule has 4 rings (SSSR count). The summed E-state index contributed by atoms with van der Waals surface area (Å²) in [6.45, 7) is 1.33. The minimum atomic E-state index is -3.69. The van der Waals surface area contributed by atoms with Crippen molar-refractivity contribution in [2.75, 3.05) is 38.6 Å². The van der Waals surface area contributed by atoms with Gasteiger partial charge in [-0.15, -0.1) is 11.3 Å². The third kappa shape index (κ3) is 4.52. The van der Waals surface area contributed by atoms with Crippen LogP contribution in [0.3, 0.4) is 0 Å². The van der Waals surface area contributed by atoms with Gasteiger partial charge >= 0.3 is 5.97 Å². The highest BCUT2D eigenvalue weighted by Gasteiger charge is 2.31. The number of hydrogen-bond donors (Lipinski definition) is 1. The van der Waals surface area contributed by atoms with Crippen LogP contribution >= 0.6 is 23.6 Å². The molecule has 1 saturated heterocycles. The highest BCUT2D eigenvalue weighted by molar-refractivity contribution is 7.89. The number of esters is 1. The number of fused-ring (bicyclic) bond motifs is 1. The Morgan fingerprint density at radius 2 is 1.78 bits per heavy atom. The number of piperazine rings is 1. The van der Waals surface area contributed by atoms with E-state index in [9.17, 15) is 17.6 Å². The molecule has 1 aliphatic carbocycles. The summed E-state index contributed by atoms with van der Waals surface area (Å²) in [5, 5.41) is 4.35. The number of carbonyl (C=O) groups excluding carboxylic acids is 1. The van der Waals surface area contributed by atoms with Crippen LogP contribution in [0.5, 0.6) is 0 Å². The highest BCUT2D eigenvalue weighted by Crippen LogP contribution is 2.38. The lowest BCUT2D eigenvalue weighted by atomic mass is 9.95. The van der Waals surface area contributed by atoms with Crippen LogP contribution in [0.2, 0.25) is 0 Å². The number of rotatable bonds is 4. The number of thiocarbonyl (C=S) groups is 1. The summed E-state index contributed by atoms with van der Waals surface area (Å²) in [7, 11) is -2.32. The van der Waals surface area contributed by atoms with Crippen molar-refractivity contribution >= 4 is 49.7 Å². The molecule has 7 nitrogen and oxygen atoms in total. The van der Waals surface area contributed by atoms with Gasteiger partial charge in [-0.05, 0) is 67.7 Å². The first-order valence-corrected chi connectivity index (χ1v) is 13.0. The van der Waals surface area contributed by atoms with Gasteiger partial charge in [0.15, 0.2) is 5.11 Å². The number of aryl methyl sites for hydroxylation is 1. The normalized spacial score (nSPS) is 17.0. The van der Waals surface area contributed by atoms with Gasteiger partial charge in [0.05, 0.1) is 17.6 Å². The van der Waals surface area contributed by atoms with Crippen LogP contribution in [0.15, 0.2) is 29.2 Å². The molecule has 2 aliphatic rings. The number of benzene rings is 1. The molecular formula is C21H24FN3O4S3. The minimum Gasteiger partial charge on any atom is -0.465 e. The number of nitrogens with one attached hydrogen (secondary N) is 1. The van der Waals surface area contributed by atoms with Crippen molar-refractivity contribution in [3.8, 4) is 0 Å². The first-order chi connectivity index (χ1) is 15.3. The van der Waals surface area contributed by atoms with E-state index < -0.39 is 15.8 Å². The Kier molecular flexibility index (Phi) is 6.80. The number of thiophene rings is 1. The molecule has 32 heavy (non-hydrogen) atoms. The SMILES string of the molecule is COC(=O)c1c(NC(=S)N2CCN(S(=O)(=O)c3ccc(F)cc3)CC2)sc2c1CCCC2. The van der Waals surface area contributed by atoms with Crippen LogP contribution < -0.4 is 5.32 Å². The maximum atomic E-state index is 13.1. The molecule has 1 aliphatic heterocycles. The van der Waals surface area contributed by atoms with E-state index in [4.69, 9.17) is 17.0 Å². The van der Waals surface area contributed by atoms with Crippen LogP contribution in [0.1, 0.15) is 33.6 Å². The standard InChI is InChI=1S/C21H24FN3O4S3/c1-29-20(26)18-16-4-2-3-5-17(16)31-19(18)23-21(30)24-10-12-25(13-11-24)32(27,28)15-8-6-14(22)7-9-15/h6-9H,2-5,10-13H2,1H3,(H,23,30). The smallest absolute Gasteiger partial charge is 0.341 e. The molecule has 0 spiro atoms. The van der Waals surface area contributed by atoms with Gasteiger partial charge in [0.25, 0.3) is 0 Å². The van der Waals surface area contributed by atoms with Gasteiger partial charge in [0.2, 0.25) is 10.0 Å².